The predicted molar refractivity (Wildman–Crippen MR) is 76.4 cm³/mol. The topological polar surface area (TPSA) is 49.8 Å². The maximum absolute atomic E-state index is 10.8. The van der Waals surface area contributed by atoms with Gasteiger partial charge in [-0.25, -0.2) is 4.79 Å². The molecule has 102 valence electrons. The van der Waals surface area contributed by atoms with Crippen molar-refractivity contribution in [3.63, 3.8) is 0 Å². The van der Waals surface area contributed by atoms with E-state index < -0.39 is 5.97 Å². The Morgan fingerprint density at radius 2 is 1.90 bits per heavy atom. The molecule has 2 aromatic rings. The first-order chi connectivity index (χ1) is 9.74. The molecule has 0 atom stereocenters. The van der Waals surface area contributed by atoms with Crippen molar-refractivity contribution in [2.45, 2.75) is 6.42 Å². The van der Waals surface area contributed by atoms with Crippen LogP contribution in [0.3, 0.4) is 0 Å². The normalized spacial score (nSPS) is 13.1. The molecule has 1 heterocycles. The molecular weight excluding hydrogens is 254 g/mol. The molecule has 0 saturated carbocycles. The van der Waals surface area contributed by atoms with Crippen LogP contribution in [0.25, 0.3) is 0 Å². The van der Waals surface area contributed by atoms with E-state index in [0.717, 1.165) is 13.0 Å². The van der Waals surface area contributed by atoms with Gasteiger partial charge in [0.15, 0.2) is 6.73 Å². The van der Waals surface area contributed by atoms with E-state index in [-0.39, 0.29) is 5.56 Å². The van der Waals surface area contributed by atoms with Crippen LogP contribution in [-0.2, 0) is 6.42 Å². The number of nitrogens with zero attached hydrogens (tertiary/aromatic N) is 1. The first-order valence-corrected chi connectivity index (χ1v) is 6.53. The van der Waals surface area contributed by atoms with Crippen molar-refractivity contribution < 1.29 is 14.6 Å². The van der Waals surface area contributed by atoms with Gasteiger partial charge < -0.3 is 14.7 Å². The van der Waals surface area contributed by atoms with Crippen LogP contribution >= 0.6 is 0 Å². The molecule has 1 N–H and O–H groups in total. The maximum atomic E-state index is 10.8. The molecule has 0 aliphatic carbocycles. The van der Waals surface area contributed by atoms with E-state index in [1.165, 1.54) is 11.3 Å². The zero-order valence-electron chi connectivity index (χ0n) is 11.0. The largest absolute Gasteiger partial charge is 0.478 e. The van der Waals surface area contributed by atoms with Crippen molar-refractivity contribution in [1.82, 2.24) is 0 Å². The summed E-state index contributed by atoms with van der Waals surface area (Å²) >= 11 is 0. The van der Waals surface area contributed by atoms with Gasteiger partial charge in [-0.15, -0.1) is 0 Å². The number of para-hydroxylation sites is 1. The third kappa shape index (κ3) is 2.45. The van der Waals surface area contributed by atoms with Crippen molar-refractivity contribution >= 4 is 11.7 Å². The molecule has 0 amide bonds. The lowest BCUT2D eigenvalue weighted by molar-refractivity contribution is 0.0697. The number of carbonyl (C=O) groups is 1. The number of hydrogen-bond donors (Lipinski definition) is 1. The van der Waals surface area contributed by atoms with E-state index >= 15 is 0 Å². The molecule has 3 rings (SSSR count). The van der Waals surface area contributed by atoms with Gasteiger partial charge >= 0.3 is 5.97 Å². The quantitative estimate of drug-likeness (QED) is 0.927. The van der Waals surface area contributed by atoms with E-state index in [1.54, 1.807) is 24.3 Å². The summed E-state index contributed by atoms with van der Waals surface area (Å²) in [7, 11) is 0. The standard InChI is InChI=1S/C16H15NO3/c18-16(19)13-5-7-14(8-6-13)20-11-17-10-9-12-3-1-2-4-15(12)17/h1-8H,9-11H2,(H,18,19). The molecule has 4 nitrogen and oxygen atoms in total. The van der Waals surface area contributed by atoms with Crippen LogP contribution in [0.4, 0.5) is 5.69 Å². The third-order valence-corrected chi connectivity index (χ3v) is 3.47. The summed E-state index contributed by atoms with van der Waals surface area (Å²) in [6.07, 6.45) is 1.04. The first-order valence-electron chi connectivity index (χ1n) is 6.53. The number of benzene rings is 2. The summed E-state index contributed by atoms with van der Waals surface area (Å²) in [6.45, 7) is 1.43. The molecule has 0 unspecified atom stereocenters. The fourth-order valence-electron chi connectivity index (χ4n) is 2.39. The monoisotopic (exact) mass is 269 g/mol. The number of ether oxygens (including phenoxy) is 1. The first kappa shape index (κ1) is 12.5. The van der Waals surface area contributed by atoms with E-state index in [4.69, 9.17) is 9.84 Å². The summed E-state index contributed by atoms with van der Waals surface area (Å²) in [5, 5.41) is 8.84. The second-order valence-corrected chi connectivity index (χ2v) is 4.75. The van der Waals surface area contributed by atoms with Gasteiger partial charge in [0.05, 0.1) is 5.56 Å². The minimum Gasteiger partial charge on any atom is -0.478 e. The number of aromatic carboxylic acids is 1. The lowest BCUT2D eigenvalue weighted by Gasteiger charge is -2.19. The Hall–Kier alpha value is -2.49. The van der Waals surface area contributed by atoms with Crippen LogP contribution in [0.5, 0.6) is 5.75 Å². The molecule has 1 aliphatic heterocycles. The van der Waals surface area contributed by atoms with Crippen molar-refractivity contribution in [2.75, 3.05) is 18.2 Å². The van der Waals surface area contributed by atoms with Crippen molar-refractivity contribution in [2.24, 2.45) is 0 Å². The Labute approximate surface area is 117 Å². The van der Waals surface area contributed by atoms with Gasteiger partial charge in [0.1, 0.15) is 5.75 Å². The summed E-state index contributed by atoms with van der Waals surface area (Å²) in [6, 6.07) is 14.8. The van der Waals surface area contributed by atoms with Crippen molar-refractivity contribution in [1.29, 1.82) is 0 Å². The van der Waals surface area contributed by atoms with E-state index in [2.05, 4.69) is 17.0 Å². The molecule has 20 heavy (non-hydrogen) atoms. The number of carboxylic acids is 1. The molecule has 0 spiro atoms. The summed E-state index contributed by atoms with van der Waals surface area (Å²) < 4.78 is 5.71. The fraction of sp³-hybridized carbons (Fsp3) is 0.188. The van der Waals surface area contributed by atoms with E-state index in [1.807, 2.05) is 12.1 Å². The van der Waals surface area contributed by atoms with Gasteiger partial charge in [0, 0.05) is 12.2 Å². The zero-order valence-corrected chi connectivity index (χ0v) is 11.0. The van der Waals surface area contributed by atoms with Crippen molar-refractivity contribution in [3.8, 4) is 5.75 Å². The fourth-order valence-corrected chi connectivity index (χ4v) is 2.39. The number of hydrogen-bond acceptors (Lipinski definition) is 3. The Balaban J connectivity index is 1.64. The average Bonchev–Trinajstić information content (AvgIpc) is 2.89. The Kier molecular flexibility index (Phi) is 3.29. The van der Waals surface area contributed by atoms with Gasteiger partial charge in [0.2, 0.25) is 0 Å². The van der Waals surface area contributed by atoms with Crippen LogP contribution in [0.15, 0.2) is 48.5 Å². The third-order valence-electron chi connectivity index (χ3n) is 3.47. The van der Waals surface area contributed by atoms with Gasteiger partial charge in [0.25, 0.3) is 0 Å². The van der Waals surface area contributed by atoms with Gasteiger partial charge in [-0.3, -0.25) is 0 Å². The molecule has 0 bridgehead atoms. The average molecular weight is 269 g/mol. The maximum Gasteiger partial charge on any atom is 0.335 e. The van der Waals surface area contributed by atoms with Crippen LogP contribution in [-0.4, -0.2) is 24.4 Å². The number of rotatable bonds is 4. The summed E-state index contributed by atoms with van der Waals surface area (Å²) in [5.41, 5.74) is 2.83. The van der Waals surface area contributed by atoms with E-state index in [9.17, 15) is 4.79 Å². The minimum atomic E-state index is -0.926. The molecule has 1 aliphatic rings. The Morgan fingerprint density at radius 1 is 1.15 bits per heavy atom. The Bertz CT molecular complexity index is 622. The number of anilines is 1. The molecule has 0 radical (unpaired) electrons. The molecule has 0 aromatic heterocycles. The highest BCUT2D eigenvalue weighted by molar-refractivity contribution is 5.87. The summed E-state index contributed by atoms with van der Waals surface area (Å²) in [5.74, 6) is -0.246. The molecule has 4 heteroatoms. The van der Waals surface area contributed by atoms with Gasteiger partial charge in [-0.2, -0.15) is 0 Å². The minimum absolute atomic E-state index is 0.267. The number of fused-ring (bicyclic) bond motifs is 1. The van der Waals surface area contributed by atoms with E-state index in [0.29, 0.717) is 12.5 Å². The zero-order chi connectivity index (χ0) is 13.9. The Morgan fingerprint density at radius 3 is 2.65 bits per heavy atom. The smallest absolute Gasteiger partial charge is 0.335 e. The van der Waals surface area contributed by atoms with Gasteiger partial charge in [-0.05, 0) is 42.3 Å². The van der Waals surface area contributed by atoms with Crippen LogP contribution < -0.4 is 9.64 Å². The lowest BCUT2D eigenvalue weighted by Crippen LogP contribution is -2.25. The number of carboxylic acid groups (broad SMARTS) is 1. The second-order valence-electron chi connectivity index (χ2n) is 4.75. The van der Waals surface area contributed by atoms with Crippen molar-refractivity contribution in [3.05, 3.63) is 59.7 Å². The lowest BCUT2D eigenvalue weighted by atomic mass is 10.2. The second kappa shape index (κ2) is 5.25. The molecular formula is C16H15NO3. The SMILES string of the molecule is O=C(O)c1ccc(OCN2CCc3ccccc32)cc1. The van der Waals surface area contributed by atoms with Crippen LogP contribution in [0.2, 0.25) is 0 Å². The molecule has 0 saturated heterocycles. The molecule has 0 fully saturated rings. The summed E-state index contributed by atoms with van der Waals surface area (Å²) in [4.78, 5) is 12.9. The van der Waals surface area contributed by atoms with Gasteiger partial charge in [-0.1, -0.05) is 18.2 Å². The van der Waals surface area contributed by atoms with Crippen LogP contribution in [0, 0.1) is 0 Å². The molecule has 2 aromatic carbocycles. The highest BCUT2D eigenvalue weighted by Gasteiger charge is 2.18. The highest BCUT2D eigenvalue weighted by atomic mass is 16.5. The van der Waals surface area contributed by atoms with Crippen LogP contribution in [0.1, 0.15) is 15.9 Å². The highest BCUT2D eigenvalue weighted by Crippen LogP contribution is 2.27. The predicted octanol–water partition coefficient (Wildman–Crippen LogP) is 2.78.